The maximum Gasteiger partial charge on any atom is 0.419 e. The number of alkyl halides is 3. The Bertz CT molecular complexity index is 1110. The van der Waals surface area contributed by atoms with Crippen LogP contribution in [0.4, 0.5) is 23.4 Å². The fourth-order valence-electron chi connectivity index (χ4n) is 2.98. The van der Waals surface area contributed by atoms with Crippen molar-refractivity contribution in [1.82, 2.24) is 9.97 Å². The van der Waals surface area contributed by atoms with E-state index in [2.05, 4.69) is 31.2 Å². The number of ether oxygens (including phenoxy) is 1. The van der Waals surface area contributed by atoms with Crippen molar-refractivity contribution in [3.8, 4) is 5.75 Å². The van der Waals surface area contributed by atoms with E-state index in [-0.39, 0.29) is 39.0 Å². The number of nitrogens with one attached hydrogen (secondary N) is 1. The number of rotatable bonds is 6. The lowest BCUT2D eigenvalue weighted by atomic mass is 10.0. The van der Waals surface area contributed by atoms with E-state index in [0.29, 0.717) is 5.39 Å². The maximum absolute atomic E-state index is 13.9. The first-order valence-electron chi connectivity index (χ1n) is 9.14. The van der Waals surface area contributed by atoms with Crippen LogP contribution < -0.4 is 15.8 Å². The molecule has 0 saturated heterocycles. The van der Waals surface area contributed by atoms with Crippen LogP contribution in [0.15, 0.2) is 34.8 Å². The molecule has 0 radical (unpaired) electrons. The Balaban J connectivity index is 2.06. The second-order valence-electron chi connectivity index (χ2n) is 7.00. The van der Waals surface area contributed by atoms with E-state index in [1.165, 1.54) is 24.3 Å². The Morgan fingerprint density at radius 1 is 1.23 bits per heavy atom. The summed E-state index contributed by atoms with van der Waals surface area (Å²) in [5.41, 5.74) is 5.25. The zero-order chi connectivity index (χ0) is 22.9. The molecule has 3 rings (SSSR count). The van der Waals surface area contributed by atoms with Gasteiger partial charge in [-0.3, -0.25) is 0 Å². The van der Waals surface area contributed by atoms with Gasteiger partial charge in [0.2, 0.25) is 5.28 Å². The maximum atomic E-state index is 13.9. The lowest BCUT2D eigenvalue weighted by Gasteiger charge is -2.23. The molecular formula is C20H18BrClF4N4O. The number of para-hydroxylation sites is 1. The van der Waals surface area contributed by atoms with Crippen LogP contribution in [0.3, 0.4) is 0 Å². The predicted molar refractivity (Wildman–Crippen MR) is 115 cm³/mol. The quantitative estimate of drug-likeness (QED) is 0.303. The van der Waals surface area contributed by atoms with Gasteiger partial charge in [0.15, 0.2) is 0 Å². The molecule has 0 aliphatic rings. The number of nitrogens with two attached hydrogens (primary N) is 1. The van der Waals surface area contributed by atoms with Crippen molar-refractivity contribution >= 4 is 44.3 Å². The second-order valence-corrected chi connectivity index (χ2v) is 8.19. The number of nitrogens with zero attached hydrogens (tertiary/aromatic N) is 2. The Kier molecular flexibility index (Phi) is 6.92. The molecule has 11 heteroatoms. The molecule has 2 aromatic carbocycles. The van der Waals surface area contributed by atoms with Gasteiger partial charge in [-0.25, -0.2) is 14.4 Å². The minimum atomic E-state index is -4.61. The molecule has 5 nitrogen and oxygen atoms in total. The van der Waals surface area contributed by atoms with E-state index in [9.17, 15) is 17.6 Å². The summed E-state index contributed by atoms with van der Waals surface area (Å²) < 4.78 is 60.3. The summed E-state index contributed by atoms with van der Waals surface area (Å²) in [4.78, 5) is 8.13. The molecule has 0 fully saturated rings. The molecule has 2 atom stereocenters. The van der Waals surface area contributed by atoms with Gasteiger partial charge in [0, 0.05) is 23.1 Å². The third-order valence-electron chi connectivity index (χ3n) is 4.37. The average Bonchev–Trinajstić information content (AvgIpc) is 2.66. The lowest BCUT2D eigenvalue weighted by molar-refractivity contribution is -0.139. The molecule has 0 aliphatic heterocycles. The first-order valence-corrected chi connectivity index (χ1v) is 10.3. The Labute approximate surface area is 189 Å². The summed E-state index contributed by atoms with van der Waals surface area (Å²) in [6, 6.07) is 5.28. The average molecular weight is 522 g/mol. The first-order chi connectivity index (χ1) is 14.5. The van der Waals surface area contributed by atoms with Crippen molar-refractivity contribution in [2.24, 2.45) is 5.73 Å². The van der Waals surface area contributed by atoms with Gasteiger partial charge in [-0.15, -0.1) is 0 Å². The van der Waals surface area contributed by atoms with Crippen LogP contribution in [-0.4, -0.2) is 22.6 Å². The zero-order valence-corrected chi connectivity index (χ0v) is 18.7. The molecular weight excluding hydrogens is 504 g/mol. The highest BCUT2D eigenvalue weighted by molar-refractivity contribution is 9.10. The van der Waals surface area contributed by atoms with Crippen LogP contribution in [0, 0.1) is 5.82 Å². The Hall–Kier alpha value is -2.17. The minimum Gasteiger partial charge on any atom is -0.491 e. The molecule has 1 aromatic heterocycles. The van der Waals surface area contributed by atoms with Gasteiger partial charge in [0.25, 0.3) is 0 Å². The van der Waals surface area contributed by atoms with Crippen LogP contribution in [-0.2, 0) is 6.18 Å². The molecule has 3 aromatic rings. The largest absolute Gasteiger partial charge is 0.491 e. The van der Waals surface area contributed by atoms with Crippen LogP contribution >= 0.6 is 27.5 Å². The Morgan fingerprint density at radius 2 is 1.94 bits per heavy atom. The van der Waals surface area contributed by atoms with Crippen LogP contribution in [0.1, 0.15) is 31.0 Å². The van der Waals surface area contributed by atoms with Gasteiger partial charge < -0.3 is 15.8 Å². The highest BCUT2D eigenvalue weighted by atomic mass is 79.9. The number of halogens is 6. The monoisotopic (exact) mass is 520 g/mol. The fraction of sp³-hybridized carbons (Fsp3) is 0.300. The van der Waals surface area contributed by atoms with Gasteiger partial charge in [0.1, 0.15) is 24.0 Å². The van der Waals surface area contributed by atoms with Gasteiger partial charge in [-0.05, 0) is 53.5 Å². The summed E-state index contributed by atoms with van der Waals surface area (Å²) in [5, 5.41) is 3.34. The van der Waals surface area contributed by atoms with Gasteiger partial charge in [-0.1, -0.05) is 12.1 Å². The van der Waals surface area contributed by atoms with Crippen molar-refractivity contribution in [2.75, 3.05) is 11.9 Å². The third-order valence-corrected chi connectivity index (χ3v) is 5.15. The van der Waals surface area contributed by atoms with Crippen LogP contribution in [0.25, 0.3) is 10.9 Å². The molecule has 0 spiro atoms. The standard InChI is InChI=1S/C20H18BrClF4N4O/c1-9(27)8-31-17-11(4-3-5-13(17)20(24,25)26)10(2)28-18-12-6-14(21)15(23)7-16(12)29-19(22)30-18/h3-7,9-10H,8,27H2,1-2H3,(H,28,29,30)/t9?,10-/m1/s1. The van der Waals surface area contributed by atoms with E-state index in [1.807, 2.05) is 0 Å². The third kappa shape index (κ3) is 5.36. The number of aromatic nitrogens is 2. The lowest BCUT2D eigenvalue weighted by Crippen LogP contribution is -2.25. The molecule has 166 valence electrons. The topological polar surface area (TPSA) is 73.1 Å². The molecule has 31 heavy (non-hydrogen) atoms. The van der Waals surface area contributed by atoms with Gasteiger partial charge in [0.05, 0.1) is 21.6 Å². The van der Waals surface area contributed by atoms with E-state index < -0.39 is 29.6 Å². The van der Waals surface area contributed by atoms with Crippen molar-refractivity contribution < 1.29 is 22.3 Å². The second kappa shape index (κ2) is 9.13. The molecule has 3 N–H and O–H groups in total. The van der Waals surface area contributed by atoms with E-state index >= 15 is 0 Å². The number of anilines is 1. The highest BCUT2D eigenvalue weighted by Gasteiger charge is 2.36. The van der Waals surface area contributed by atoms with Crippen molar-refractivity contribution in [1.29, 1.82) is 0 Å². The molecule has 1 heterocycles. The molecule has 0 bridgehead atoms. The molecule has 0 saturated carbocycles. The highest BCUT2D eigenvalue weighted by Crippen LogP contribution is 2.41. The van der Waals surface area contributed by atoms with Gasteiger partial charge in [-0.2, -0.15) is 13.2 Å². The fourth-order valence-corrected chi connectivity index (χ4v) is 3.50. The normalized spacial score (nSPS) is 13.8. The number of fused-ring (bicyclic) bond motifs is 1. The number of hydrogen-bond donors (Lipinski definition) is 2. The SMILES string of the molecule is CC(N)COc1c([C@@H](C)Nc2nc(Cl)nc3cc(F)c(Br)cc23)cccc1C(F)(F)F. The number of benzene rings is 2. The molecule has 1 unspecified atom stereocenters. The first kappa shape index (κ1) is 23.5. The van der Waals surface area contributed by atoms with Crippen LogP contribution in [0.2, 0.25) is 5.28 Å². The molecule has 0 aliphatic carbocycles. The zero-order valence-electron chi connectivity index (χ0n) is 16.4. The Morgan fingerprint density at radius 3 is 2.58 bits per heavy atom. The van der Waals surface area contributed by atoms with E-state index in [0.717, 1.165) is 6.07 Å². The smallest absolute Gasteiger partial charge is 0.419 e. The van der Waals surface area contributed by atoms with Crippen LogP contribution in [0.5, 0.6) is 5.75 Å². The van der Waals surface area contributed by atoms with Crippen molar-refractivity contribution in [3.05, 3.63) is 57.0 Å². The summed E-state index contributed by atoms with van der Waals surface area (Å²) >= 11 is 9.07. The summed E-state index contributed by atoms with van der Waals surface area (Å²) in [5.74, 6) is -0.617. The summed E-state index contributed by atoms with van der Waals surface area (Å²) in [6.45, 7) is 3.18. The number of hydrogen-bond acceptors (Lipinski definition) is 5. The predicted octanol–water partition coefficient (Wildman–Crippen LogP) is 6.10. The minimum absolute atomic E-state index is 0.0959. The van der Waals surface area contributed by atoms with Gasteiger partial charge >= 0.3 is 6.18 Å². The van der Waals surface area contributed by atoms with E-state index in [1.54, 1.807) is 13.8 Å². The summed E-state index contributed by atoms with van der Waals surface area (Å²) in [6.07, 6.45) is -4.61. The van der Waals surface area contributed by atoms with Crippen molar-refractivity contribution in [2.45, 2.75) is 32.1 Å². The van der Waals surface area contributed by atoms with E-state index in [4.69, 9.17) is 22.1 Å². The summed E-state index contributed by atoms with van der Waals surface area (Å²) in [7, 11) is 0. The van der Waals surface area contributed by atoms with Crippen molar-refractivity contribution in [3.63, 3.8) is 0 Å². The molecule has 0 amide bonds.